The van der Waals surface area contributed by atoms with Gasteiger partial charge < -0.3 is 4.74 Å². The van der Waals surface area contributed by atoms with Crippen molar-refractivity contribution in [1.29, 1.82) is 0 Å². The smallest absolute Gasteiger partial charge is 0.262 e. The monoisotopic (exact) mass is 402 g/mol. The van der Waals surface area contributed by atoms with Crippen LogP contribution in [0.3, 0.4) is 0 Å². The fraction of sp³-hybridized carbons (Fsp3) is 0.333. The molecule has 0 radical (unpaired) electrons. The number of hydrogen-bond donors (Lipinski definition) is 0. The van der Waals surface area contributed by atoms with Crippen LogP contribution in [0.4, 0.5) is 0 Å². The van der Waals surface area contributed by atoms with E-state index in [1.54, 1.807) is 16.3 Å². The lowest BCUT2D eigenvalue weighted by molar-refractivity contribution is 0.0743. The lowest BCUT2D eigenvalue weighted by Gasteiger charge is -2.14. The van der Waals surface area contributed by atoms with E-state index in [-0.39, 0.29) is 11.7 Å². The first-order valence-corrected chi connectivity index (χ1v) is 10.4. The molecule has 142 valence electrons. The zero-order valence-corrected chi connectivity index (χ0v) is 17.1. The number of thioether (sulfide) groups is 1. The van der Waals surface area contributed by atoms with Crippen LogP contribution in [-0.2, 0) is 17.0 Å². The number of aromatic nitrogens is 2. The largest absolute Gasteiger partial charge is 0.379 e. The maximum absolute atomic E-state index is 13.0. The van der Waals surface area contributed by atoms with E-state index in [4.69, 9.17) is 21.3 Å². The van der Waals surface area contributed by atoms with Crippen LogP contribution in [0.15, 0.2) is 58.5 Å². The maximum atomic E-state index is 13.0. The van der Waals surface area contributed by atoms with Gasteiger partial charge in [-0.05, 0) is 50.1 Å². The molecule has 0 aliphatic carbocycles. The molecule has 2 aromatic carbocycles. The second-order valence-corrected chi connectivity index (χ2v) is 7.94. The molecule has 3 aromatic rings. The summed E-state index contributed by atoms with van der Waals surface area (Å²) in [6.45, 7) is 5.22. The SMILES string of the molecule is CC(C)OCCCn1c(SCc2cccc(Cl)c2)nc2ccccc2c1=O. The molecule has 1 aromatic heterocycles. The topological polar surface area (TPSA) is 44.1 Å². The highest BCUT2D eigenvalue weighted by Crippen LogP contribution is 2.23. The minimum absolute atomic E-state index is 0.00117. The van der Waals surface area contributed by atoms with Crippen LogP contribution in [-0.4, -0.2) is 22.3 Å². The van der Waals surface area contributed by atoms with Gasteiger partial charge in [-0.15, -0.1) is 0 Å². The van der Waals surface area contributed by atoms with E-state index in [1.807, 2.05) is 62.4 Å². The van der Waals surface area contributed by atoms with E-state index in [9.17, 15) is 4.79 Å². The molecular weight excluding hydrogens is 380 g/mol. The number of fused-ring (bicyclic) bond motifs is 1. The van der Waals surface area contributed by atoms with Crippen molar-refractivity contribution in [3.05, 3.63) is 69.5 Å². The highest BCUT2D eigenvalue weighted by Gasteiger charge is 2.12. The van der Waals surface area contributed by atoms with Crippen LogP contribution in [0.2, 0.25) is 5.02 Å². The lowest BCUT2D eigenvalue weighted by atomic mass is 10.2. The number of para-hydroxylation sites is 1. The van der Waals surface area contributed by atoms with Crippen LogP contribution < -0.4 is 5.56 Å². The summed E-state index contributed by atoms with van der Waals surface area (Å²) in [4.78, 5) is 17.7. The van der Waals surface area contributed by atoms with Gasteiger partial charge in [0.2, 0.25) is 0 Å². The molecule has 0 aliphatic heterocycles. The van der Waals surface area contributed by atoms with Crippen LogP contribution in [0.25, 0.3) is 10.9 Å². The Morgan fingerprint density at radius 2 is 2.00 bits per heavy atom. The molecule has 1 heterocycles. The Morgan fingerprint density at radius 1 is 1.19 bits per heavy atom. The molecule has 0 saturated heterocycles. The quantitative estimate of drug-likeness (QED) is 0.296. The lowest BCUT2D eigenvalue weighted by Crippen LogP contribution is -2.24. The average molecular weight is 403 g/mol. The summed E-state index contributed by atoms with van der Waals surface area (Å²) in [5, 5.41) is 2.08. The second kappa shape index (κ2) is 9.40. The van der Waals surface area contributed by atoms with Crippen LogP contribution in [0.1, 0.15) is 25.8 Å². The highest BCUT2D eigenvalue weighted by atomic mass is 35.5. The summed E-state index contributed by atoms with van der Waals surface area (Å²) in [7, 11) is 0. The molecule has 0 unspecified atom stereocenters. The van der Waals surface area contributed by atoms with Crippen molar-refractivity contribution in [1.82, 2.24) is 9.55 Å². The molecular formula is C21H23ClN2O2S. The van der Waals surface area contributed by atoms with E-state index >= 15 is 0 Å². The Balaban J connectivity index is 1.86. The van der Waals surface area contributed by atoms with Gasteiger partial charge in [-0.1, -0.05) is 47.6 Å². The minimum Gasteiger partial charge on any atom is -0.379 e. The first kappa shape index (κ1) is 19.9. The number of nitrogens with zero attached hydrogens (tertiary/aromatic N) is 2. The van der Waals surface area contributed by atoms with Crippen molar-refractivity contribution in [2.75, 3.05) is 6.61 Å². The summed E-state index contributed by atoms with van der Waals surface area (Å²) in [5.74, 6) is 0.702. The standard InChI is InChI=1S/C21H23ClN2O2S/c1-15(2)26-12-6-11-24-20(25)18-9-3-4-10-19(18)23-21(24)27-14-16-7-5-8-17(22)13-16/h3-5,7-10,13,15H,6,11-12,14H2,1-2H3. The number of hydrogen-bond acceptors (Lipinski definition) is 4. The van der Waals surface area contributed by atoms with Crippen LogP contribution in [0.5, 0.6) is 0 Å². The first-order valence-electron chi connectivity index (χ1n) is 9.03. The third-order valence-electron chi connectivity index (χ3n) is 4.06. The zero-order chi connectivity index (χ0) is 19.2. The van der Waals surface area contributed by atoms with E-state index in [0.717, 1.165) is 22.7 Å². The Morgan fingerprint density at radius 3 is 2.78 bits per heavy atom. The molecule has 0 fully saturated rings. The molecule has 4 nitrogen and oxygen atoms in total. The van der Waals surface area contributed by atoms with Crippen molar-refractivity contribution >= 4 is 34.3 Å². The molecule has 6 heteroatoms. The summed E-state index contributed by atoms with van der Waals surface area (Å²) >= 11 is 7.63. The molecule has 0 N–H and O–H groups in total. The predicted molar refractivity (Wildman–Crippen MR) is 113 cm³/mol. The minimum atomic E-state index is -0.00117. The predicted octanol–water partition coefficient (Wildman–Crippen LogP) is 5.16. The van der Waals surface area contributed by atoms with Crippen LogP contribution >= 0.6 is 23.4 Å². The molecule has 0 bridgehead atoms. The number of benzene rings is 2. The highest BCUT2D eigenvalue weighted by molar-refractivity contribution is 7.98. The maximum Gasteiger partial charge on any atom is 0.262 e. The van der Waals surface area contributed by atoms with Gasteiger partial charge in [0.1, 0.15) is 0 Å². The third-order valence-corrected chi connectivity index (χ3v) is 5.34. The Kier molecular flexibility index (Phi) is 6.94. The average Bonchev–Trinajstić information content (AvgIpc) is 2.65. The molecule has 0 atom stereocenters. The van der Waals surface area contributed by atoms with Gasteiger partial charge in [-0.2, -0.15) is 0 Å². The van der Waals surface area contributed by atoms with E-state index in [2.05, 4.69) is 0 Å². The zero-order valence-electron chi connectivity index (χ0n) is 15.5. The number of rotatable bonds is 8. The van der Waals surface area contributed by atoms with Crippen molar-refractivity contribution in [3.8, 4) is 0 Å². The van der Waals surface area contributed by atoms with Gasteiger partial charge in [0, 0.05) is 23.9 Å². The summed E-state index contributed by atoms with van der Waals surface area (Å²) in [6, 6.07) is 15.2. The normalized spacial score (nSPS) is 11.4. The van der Waals surface area contributed by atoms with Crippen molar-refractivity contribution < 1.29 is 4.74 Å². The fourth-order valence-electron chi connectivity index (χ4n) is 2.77. The molecule has 3 rings (SSSR count). The van der Waals surface area contributed by atoms with Crippen molar-refractivity contribution in [2.45, 2.75) is 43.8 Å². The first-order chi connectivity index (χ1) is 13.0. The number of halogens is 1. The van der Waals surface area contributed by atoms with Gasteiger partial charge >= 0.3 is 0 Å². The Hall–Kier alpha value is -1.82. The Labute approximate surface area is 168 Å². The molecule has 27 heavy (non-hydrogen) atoms. The van der Waals surface area contributed by atoms with Gasteiger partial charge in [0.05, 0.1) is 17.0 Å². The molecule has 0 spiro atoms. The van der Waals surface area contributed by atoms with Gasteiger partial charge in [0.15, 0.2) is 5.16 Å². The summed E-state index contributed by atoms with van der Waals surface area (Å²) in [5.41, 5.74) is 1.83. The van der Waals surface area contributed by atoms with Gasteiger partial charge in [-0.3, -0.25) is 9.36 Å². The van der Waals surface area contributed by atoms with Crippen molar-refractivity contribution in [3.63, 3.8) is 0 Å². The molecule has 0 aliphatic rings. The Bertz CT molecular complexity index is 972. The fourth-order valence-corrected chi connectivity index (χ4v) is 3.95. The van der Waals surface area contributed by atoms with E-state index in [1.165, 1.54) is 0 Å². The second-order valence-electron chi connectivity index (χ2n) is 6.56. The van der Waals surface area contributed by atoms with Crippen LogP contribution in [0, 0.1) is 0 Å². The molecule has 0 saturated carbocycles. The molecule has 0 amide bonds. The summed E-state index contributed by atoms with van der Waals surface area (Å²) in [6.07, 6.45) is 0.955. The van der Waals surface area contributed by atoms with E-state index in [0.29, 0.717) is 29.3 Å². The van der Waals surface area contributed by atoms with Gasteiger partial charge in [-0.25, -0.2) is 4.98 Å². The van der Waals surface area contributed by atoms with Gasteiger partial charge in [0.25, 0.3) is 5.56 Å². The van der Waals surface area contributed by atoms with E-state index < -0.39 is 0 Å². The number of ether oxygens (including phenoxy) is 1. The summed E-state index contributed by atoms with van der Waals surface area (Å²) < 4.78 is 7.38. The third kappa shape index (κ3) is 5.34. The van der Waals surface area contributed by atoms with Crippen molar-refractivity contribution in [2.24, 2.45) is 0 Å².